The van der Waals surface area contributed by atoms with Crippen molar-refractivity contribution in [2.24, 2.45) is 11.7 Å². The molecule has 0 radical (unpaired) electrons. The second-order valence-corrected chi connectivity index (χ2v) is 16.9. The summed E-state index contributed by atoms with van der Waals surface area (Å²) in [5.74, 6) is 0.315. The maximum atomic E-state index is 13.8. The number of ether oxygens (including phenoxy) is 4. The number of primary amides is 1. The first-order valence-electron chi connectivity index (χ1n) is 16.9. The number of esters is 1. The number of nitrogens with two attached hydrogens (primary N) is 1. The minimum Gasteiger partial charge on any atom is -0.495 e. The van der Waals surface area contributed by atoms with Gasteiger partial charge in [0.25, 0.3) is 0 Å². The molecular weight excluding hydrogens is 749 g/mol. The molecule has 3 amide bonds. The Morgan fingerprint density at radius 1 is 1.31 bits per heavy atom. The van der Waals surface area contributed by atoms with E-state index in [-0.39, 0.29) is 23.3 Å². The highest BCUT2D eigenvalue weighted by molar-refractivity contribution is 8.76. The maximum absolute atomic E-state index is 13.8. The number of carbonyl (C=O) groups excluding carboxylic acids is 4. The van der Waals surface area contributed by atoms with Crippen LogP contribution in [0.15, 0.2) is 35.9 Å². The second-order valence-electron chi connectivity index (χ2n) is 12.5. The van der Waals surface area contributed by atoms with Gasteiger partial charge in [-0.05, 0) is 63.7 Å². The number of carbonyl (C=O) groups is 4. The van der Waals surface area contributed by atoms with Gasteiger partial charge in [-0.2, -0.15) is 0 Å². The highest BCUT2D eigenvalue weighted by Gasteiger charge is 2.63. The van der Waals surface area contributed by atoms with E-state index in [4.69, 9.17) is 41.4 Å². The molecule has 52 heavy (non-hydrogen) atoms. The molecular formula is C36H57ClN3O9PS2. The zero-order valence-electron chi connectivity index (χ0n) is 32.0. The molecule has 2 heterocycles. The second kappa shape index (κ2) is 24.0. The summed E-state index contributed by atoms with van der Waals surface area (Å²) in [6.07, 6.45) is 8.73. The van der Waals surface area contributed by atoms with Gasteiger partial charge < -0.3 is 39.6 Å². The third-order valence-electron chi connectivity index (χ3n) is 8.64. The smallest absolute Gasteiger partial charge is 0.404 e. The van der Waals surface area contributed by atoms with Crippen LogP contribution in [0.1, 0.15) is 53.0 Å². The van der Waals surface area contributed by atoms with Crippen LogP contribution in [0.4, 0.5) is 10.5 Å². The molecule has 1 fully saturated rings. The third-order valence-corrected chi connectivity index (χ3v) is 12.3. The van der Waals surface area contributed by atoms with Crippen molar-refractivity contribution in [1.29, 1.82) is 0 Å². The zero-order chi connectivity index (χ0) is 39.6. The topological polar surface area (TPSA) is 161 Å². The number of allylic oxidation sites excluding steroid dienone is 4. The number of amides is 3. The minimum absolute atomic E-state index is 0.242. The fraction of sp³-hybridized carbons (Fsp3) is 0.611. The van der Waals surface area contributed by atoms with E-state index in [0.29, 0.717) is 39.0 Å². The van der Waals surface area contributed by atoms with Crippen LogP contribution in [-0.2, 0) is 35.0 Å². The first-order chi connectivity index (χ1) is 24.6. The molecule has 1 aromatic carbocycles. The Kier molecular flexibility index (Phi) is 22.0. The van der Waals surface area contributed by atoms with Crippen LogP contribution in [0.5, 0.6) is 5.75 Å². The molecule has 4 unspecified atom stereocenters. The highest BCUT2D eigenvalue weighted by atomic mass is 35.5. The molecule has 0 aliphatic carbocycles. The number of aliphatic hydroxyl groups excluding tert-OH is 1. The van der Waals surface area contributed by atoms with Crippen LogP contribution in [0.25, 0.3) is 0 Å². The van der Waals surface area contributed by atoms with Crippen LogP contribution in [0, 0.1) is 5.92 Å². The lowest BCUT2D eigenvalue weighted by Crippen LogP contribution is -2.45. The van der Waals surface area contributed by atoms with Crippen molar-refractivity contribution < 1.29 is 43.2 Å². The van der Waals surface area contributed by atoms with Crippen molar-refractivity contribution in [2.75, 3.05) is 57.5 Å². The Hall–Kier alpha value is -2.48. The van der Waals surface area contributed by atoms with E-state index in [1.165, 1.54) is 43.1 Å². The number of aliphatic hydroxyl groups is 1. The zero-order valence-corrected chi connectivity index (χ0v) is 35.4. The van der Waals surface area contributed by atoms with Crippen LogP contribution in [0.3, 0.4) is 0 Å². The van der Waals surface area contributed by atoms with Crippen molar-refractivity contribution in [3.63, 3.8) is 0 Å². The third kappa shape index (κ3) is 14.4. The lowest BCUT2D eigenvalue weighted by atomic mass is 9.88. The number of hydrogen-bond donors (Lipinski definition) is 2. The Labute approximate surface area is 324 Å². The summed E-state index contributed by atoms with van der Waals surface area (Å²) in [7, 11) is 9.78. The average Bonchev–Trinajstić information content (AvgIpc) is 3.83. The number of halogens is 1. The van der Waals surface area contributed by atoms with Gasteiger partial charge in [0, 0.05) is 39.0 Å². The Bertz CT molecular complexity index is 1380. The standard InChI is InChI=1S/C31H43ClN3O8P.C4H10S2.CH4O/c1-18-10-8-9-11-44-16-24(41-30(33)39)19(2)28-31(4,43-28)25(42-29(38)20(3)34(5)17-36)15-26(37)35(6)22-13-21(12-18)14-23(40-7)27(22)32;1-3-4-6-5-2;1-2/h8-10,13-14,17,19-20,24-25,28,44H,11-12,15-16H2,1-7H3,(H2,33,39);3-4H2,1-2H3;2H,1H3/b9-8+,18-10+;;/t19-,20?,24?,25+,28?,31-;;/m1../s1. The van der Waals surface area contributed by atoms with E-state index in [2.05, 4.69) is 19.3 Å². The van der Waals surface area contributed by atoms with E-state index >= 15 is 0 Å². The summed E-state index contributed by atoms with van der Waals surface area (Å²) in [4.78, 5) is 52.7. The normalized spacial score (nSPS) is 26.0. The largest absolute Gasteiger partial charge is 0.495 e. The summed E-state index contributed by atoms with van der Waals surface area (Å²) in [5.41, 5.74) is 6.75. The molecule has 0 saturated carbocycles. The van der Waals surface area contributed by atoms with Crippen molar-refractivity contribution in [3.05, 3.63) is 46.5 Å². The molecule has 1 saturated heterocycles. The molecule has 0 spiro atoms. The van der Waals surface area contributed by atoms with E-state index in [0.717, 1.165) is 24.4 Å². The SMILES string of the molecule is CCCSSC.CO.COc1cc2cc(c1Cl)N(C)C(=O)C[C@H](OC(=O)C(C)N(C)C=O)[C@@]1(C)OC1[C@H](C)C(OC(N)=O)CPC/C=C/C=C(\C)C2. The van der Waals surface area contributed by atoms with Crippen molar-refractivity contribution in [2.45, 2.75) is 83.8 Å². The van der Waals surface area contributed by atoms with Crippen molar-refractivity contribution in [3.8, 4) is 5.75 Å². The summed E-state index contributed by atoms with van der Waals surface area (Å²) < 4.78 is 23.1. The van der Waals surface area contributed by atoms with E-state index < -0.39 is 42.0 Å². The number of anilines is 1. The number of likely N-dealkylation sites (N-methyl/N-ethyl adjacent to an activating group) is 1. The summed E-state index contributed by atoms with van der Waals surface area (Å²) in [6.45, 7) is 9.38. The Morgan fingerprint density at radius 3 is 2.54 bits per heavy atom. The molecule has 1 aromatic rings. The van der Waals surface area contributed by atoms with Gasteiger partial charge >= 0.3 is 12.1 Å². The van der Waals surface area contributed by atoms with Crippen LogP contribution >= 0.6 is 41.8 Å². The number of methoxy groups -OCH3 is 1. The molecule has 2 bridgehead atoms. The highest BCUT2D eigenvalue weighted by Crippen LogP contribution is 2.48. The van der Waals surface area contributed by atoms with Gasteiger partial charge in [-0.25, -0.2) is 9.59 Å². The van der Waals surface area contributed by atoms with Crippen molar-refractivity contribution in [1.82, 2.24) is 4.90 Å². The number of benzene rings is 1. The molecule has 3 N–H and O–H groups in total. The van der Waals surface area contributed by atoms with Gasteiger partial charge in [0.1, 0.15) is 34.6 Å². The van der Waals surface area contributed by atoms with Gasteiger partial charge in [-0.1, -0.05) is 70.8 Å². The summed E-state index contributed by atoms with van der Waals surface area (Å²) in [6, 6.07) is 2.78. The van der Waals surface area contributed by atoms with Crippen molar-refractivity contribution >= 4 is 71.8 Å². The van der Waals surface area contributed by atoms with E-state index in [1.54, 1.807) is 14.0 Å². The van der Waals surface area contributed by atoms with E-state index in [9.17, 15) is 19.2 Å². The monoisotopic (exact) mass is 805 g/mol. The molecule has 2 aliphatic rings. The number of nitrogens with zero attached hydrogens (tertiary/aromatic N) is 2. The predicted molar refractivity (Wildman–Crippen MR) is 215 cm³/mol. The predicted octanol–water partition coefficient (Wildman–Crippen LogP) is 6.10. The first kappa shape index (κ1) is 47.5. The molecule has 3 rings (SSSR count). The quantitative estimate of drug-likeness (QED) is 0.0741. The Morgan fingerprint density at radius 2 is 1.98 bits per heavy atom. The van der Waals surface area contributed by atoms with Gasteiger partial charge in [0.15, 0.2) is 0 Å². The fourth-order valence-electron chi connectivity index (χ4n) is 5.38. The first-order valence-corrected chi connectivity index (χ1v) is 21.4. The number of fused-ring (bicyclic) bond motifs is 3. The Balaban J connectivity index is 0.00000153. The van der Waals surface area contributed by atoms with Crippen LogP contribution in [0.2, 0.25) is 5.02 Å². The van der Waals surface area contributed by atoms with Crippen LogP contribution < -0.4 is 15.4 Å². The molecule has 2 aliphatic heterocycles. The fourth-order valence-corrected chi connectivity index (χ4v) is 8.24. The maximum Gasteiger partial charge on any atom is 0.404 e. The molecule has 12 nitrogen and oxygen atoms in total. The van der Waals surface area contributed by atoms with E-state index in [1.807, 2.05) is 59.7 Å². The molecule has 16 heteroatoms. The number of hydrogen-bond acceptors (Lipinski definition) is 11. The molecule has 0 aromatic heterocycles. The summed E-state index contributed by atoms with van der Waals surface area (Å²) >= 11 is 6.68. The van der Waals surface area contributed by atoms with Gasteiger partial charge in [0.05, 0.1) is 25.3 Å². The van der Waals surface area contributed by atoms with Crippen LogP contribution in [-0.4, -0.2) is 117 Å². The number of epoxide rings is 1. The lowest BCUT2D eigenvalue weighted by molar-refractivity contribution is -0.160. The van der Waals surface area contributed by atoms with Gasteiger partial charge in [-0.3, -0.25) is 9.59 Å². The summed E-state index contributed by atoms with van der Waals surface area (Å²) in [5, 5.41) is 7.27. The lowest BCUT2D eigenvalue weighted by Gasteiger charge is -2.29. The minimum atomic E-state index is -1.08. The molecule has 294 valence electrons. The van der Waals surface area contributed by atoms with Gasteiger partial charge in [0.2, 0.25) is 12.3 Å². The molecule has 7 atom stereocenters. The van der Waals surface area contributed by atoms with Gasteiger partial charge in [-0.15, -0.1) is 8.58 Å². The number of rotatable bonds is 9. The average molecular weight is 806 g/mol.